The second-order valence-corrected chi connectivity index (χ2v) is 10.3. The number of benzene rings is 2. The average Bonchev–Trinajstić information content (AvgIpc) is 3.55. The molecule has 226 valence electrons. The Bertz CT molecular complexity index is 1560. The van der Waals surface area contributed by atoms with Crippen LogP contribution in [0.25, 0.3) is 6.08 Å². The van der Waals surface area contributed by atoms with Gasteiger partial charge in [-0.05, 0) is 54.3 Å². The van der Waals surface area contributed by atoms with Gasteiger partial charge in [0.1, 0.15) is 0 Å². The number of carbonyl (C=O) groups excluding carboxylic acids is 4. The van der Waals surface area contributed by atoms with Crippen molar-refractivity contribution in [3.63, 3.8) is 0 Å². The lowest BCUT2D eigenvalue weighted by Gasteiger charge is -2.24. The fourth-order valence-corrected chi connectivity index (χ4v) is 4.60. The van der Waals surface area contributed by atoms with Crippen LogP contribution in [0.3, 0.4) is 0 Å². The maximum absolute atomic E-state index is 13.3. The van der Waals surface area contributed by atoms with Gasteiger partial charge in [0.05, 0.1) is 36.7 Å². The number of hydrogen-bond acceptors (Lipinski definition) is 9. The zero-order chi connectivity index (χ0) is 31.3. The molecule has 5 N–H and O–H groups in total. The number of aromatic hydroxyl groups is 2. The zero-order valence-electron chi connectivity index (χ0n) is 24.1. The summed E-state index contributed by atoms with van der Waals surface area (Å²) in [6.45, 7) is 5.05. The number of ketones is 1. The van der Waals surface area contributed by atoms with Gasteiger partial charge in [0.25, 0.3) is 0 Å². The summed E-state index contributed by atoms with van der Waals surface area (Å²) in [4.78, 5) is 53.8. The van der Waals surface area contributed by atoms with Gasteiger partial charge in [-0.3, -0.25) is 19.4 Å². The number of aromatic amines is 1. The van der Waals surface area contributed by atoms with Crippen LogP contribution in [-0.4, -0.2) is 58.7 Å². The summed E-state index contributed by atoms with van der Waals surface area (Å²) >= 11 is 0. The first-order valence-corrected chi connectivity index (χ1v) is 13.5. The van der Waals surface area contributed by atoms with Crippen LogP contribution in [0.4, 0.5) is 0 Å². The number of methoxy groups -OCH3 is 1. The number of carbonyl (C=O) groups is 4. The monoisotopic (exact) mass is 591 g/mol. The molecule has 1 aliphatic heterocycles. The van der Waals surface area contributed by atoms with E-state index in [1.54, 1.807) is 50.3 Å². The van der Waals surface area contributed by atoms with Gasteiger partial charge in [0.2, 0.25) is 24.5 Å². The number of aromatic nitrogens is 1. The van der Waals surface area contributed by atoms with Crippen molar-refractivity contribution in [1.29, 1.82) is 0 Å². The Hall–Kier alpha value is -5.26. The summed E-state index contributed by atoms with van der Waals surface area (Å²) in [6.07, 6.45) is 2.65. The third-order valence-corrected chi connectivity index (χ3v) is 6.98. The normalized spacial score (nSPS) is 13.5. The minimum atomic E-state index is -1.03. The quantitative estimate of drug-likeness (QED) is 0.127. The zero-order valence-corrected chi connectivity index (χ0v) is 24.1. The van der Waals surface area contributed by atoms with E-state index in [0.717, 1.165) is 0 Å². The molecule has 2 aromatic carbocycles. The fourth-order valence-electron chi connectivity index (χ4n) is 4.60. The van der Waals surface area contributed by atoms with Crippen LogP contribution in [-0.2, 0) is 14.3 Å². The lowest BCUT2D eigenvalue weighted by molar-refractivity contribution is -0.123. The molecule has 2 heterocycles. The summed E-state index contributed by atoms with van der Waals surface area (Å²) in [5.41, 5.74) is 1.56. The Balaban J connectivity index is 1.53. The van der Waals surface area contributed by atoms with E-state index >= 15 is 0 Å². The maximum Gasteiger partial charge on any atom is 0.337 e. The second kappa shape index (κ2) is 13.1. The minimum Gasteiger partial charge on any atom is -0.494 e. The van der Waals surface area contributed by atoms with Crippen LogP contribution in [0, 0.1) is 12.8 Å². The molecule has 0 saturated heterocycles. The number of amides is 2. The van der Waals surface area contributed by atoms with Gasteiger partial charge in [-0.25, -0.2) is 4.79 Å². The highest BCUT2D eigenvalue weighted by atomic mass is 16.7. The third kappa shape index (κ3) is 7.15. The number of ether oxygens (including phenoxy) is 3. The van der Waals surface area contributed by atoms with Gasteiger partial charge in [0.15, 0.2) is 23.2 Å². The summed E-state index contributed by atoms with van der Waals surface area (Å²) < 4.78 is 15.4. The summed E-state index contributed by atoms with van der Waals surface area (Å²) in [5.74, 6) is -2.20. The SMILES string of the molecule is COC(=O)c1ccc(C(CC(=O)N[C@H](C(=O)c2c(O)[nH]c(O)c2C)C(C)C)NC(=O)C=Cc2ccc3c(c2)OCO3)cc1. The molecule has 0 spiro atoms. The van der Waals surface area contributed by atoms with Gasteiger partial charge >= 0.3 is 5.97 Å². The second-order valence-electron chi connectivity index (χ2n) is 10.3. The van der Waals surface area contributed by atoms with E-state index in [4.69, 9.17) is 14.2 Å². The Kier molecular flexibility index (Phi) is 9.39. The molecule has 0 saturated carbocycles. The minimum absolute atomic E-state index is 0.117. The van der Waals surface area contributed by atoms with E-state index in [0.29, 0.717) is 28.2 Å². The molecule has 0 radical (unpaired) electrons. The fraction of sp³-hybridized carbons (Fsp3) is 0.290. The lowest BCUT2D eigenvalue weighted by atomic mass is 9.93. The number of H-pyrrole nitrogens is 1. The summed E-state index contributed by atoms with van der Waals surface area (Å²) in [7, 11) is 1.26. The Morgan fingerprint density at radius 3 is 2.33 bits per heavy atom. The van der Waals surface area contributed by atoms with E-state index < -0.39 is 41.5 Å². The van der Waals surface area contributed by atoms with Crippen molar-refractivity contribution in [2.75, 3.05) is 13.9 Å². The van der Waals surface area contributed by atoms with Crippen LogP contribution in [0.2, 0.25) is 0 Å². The third-order valence-electron chi connectivity index (χ3n) is 6.98. The average molecular weight is 592 g/mol. The smallest absolute Gasteiger partial charge is 0.337 e. The highest BCUT2D eigenvalue weighted by Gasteiger charge is 2.31. The number of nitrogens with one attached hydrogen (secondary N) is 3. The van der Waals surface area contributed by atoms with E-state index in [-0.39, 0.29) is 36.1 Å². The van der Waals surface area contributed by atoms with E-state index in [9.17, 15) is 29.4 Å². The molecular formula is C31H33N3O9. The molecule has 12 heteroatoms. The standard InChI is InChI=1S/C31H33N3O9/c1-16(2)27(28(37)26-17(3)29(38)34-30(26)39)33-25(36)14-21(19-7-9-20(10-8-19)31(40)41-4)32-24(35)12-6-18-5-11-22-23(13-18)43-15-42-22/h5-13,16,21,27,34,38-39H,14-15H2,1-4H3,(H,32,35)(H,33,36)/t21?,27-/m0/s1. The Labute approximate surface area is 247 Å². The molecule has 43 heavy (non-hydrogen) atoms. The van der Waals surface area contributed by atoms with Crippen molar-refractivity contribution in [3.05, 3.63) is 76.4 Å². The predicted molar refractivity (Wildman–Crippen MR) is 155 cm³/mol. The first kappa shape index (κ1) is 30.7. The number of Topliss-reactive ketones (excluding diaryl/α,β-unsaturated/α-hetero) is 1. The molecule has 0 bridgehead atoms. The summed E-state index contributed by atoms with van der Waals surface area (Å²) in [5, 5.41) is 25.6. The van der Waals surface area contributed by atoms with Gasteiger partial charge in [-0.15, -0.1) is 0 Å². The van der Waals surface area contributed by atoms with Crippen molar-refractivity contribution in [2.24, 2.45) is 5.92 Å². The van der Waals surface area contributed by atoms with E-state index in [1.165, 1.54) is 32.2 Å². The lowest BCUT2D eigenvalue weighted by Crippen LogP contribution is -2.45. The highest BCUT2D eigenvalue weighted by molar-refractivity contribution is 6.05. The molecule has 1 unspecified atom stereocenters. The first-order chi connectivity index (χ1) is 20.5. The Morgan fingerprint density at radius 1 is 1.00 bits per heavy atom. The molecule has 2 atom stereocenters. The topological polar surface area (TPSA) is 176 Å². The van der Waals surface area contributed by atoms with Crippen molar-refractivity contribution < 1.29 is 43.6 Å². The van der Waals surface area contributed by atoms with Crippen molar-refractivity contribution in [3.8, 4) is 23.3 Å². The number of hydrogen-bond donors (Lipinski definition) is 5. The predicted octanol–water partition coefficient (Wildman–Crippen LogP) is 3.53. The summed E-state index contributed by atoms with van der Waals surface area (Å²) in [6, 6.07) is 9.60. The number of esters is 1. The van der Waals surface area contributed by atoms with Crippen LogP contribution in [0.5, 0.6) is 23.3 Å². The molecule has 3 aromatic rings. The van der Waals surface area contributed by atoms with Gasteiger partial charge in [-0.1, -0.05) is 32.0 Å². The van der Waals surface area contributed by atoms with Crippen LogP contribution in [0.1, 0.15) is 63.7 Å². The molecular weight excluding hydrogens is 558 g/mol. The van der Waals surface area contributed by atoms with Gasteiger partial charge < -0.3 is 35.1 Å². The van der Waals surface area contributed by atoms with Gasteiger partial charge in [0, 0.05) is 11.6 Å². The maximum atomic E-state index is 13.3. The molecule has 0 aliphatic carbocycles. The van der Waals surface area contributed by atoms with Gasteiger partial charge in [-0.2, -0.15) is 0 Å². The molecule has 0 fully saturated rings. The molecule has 4 rings (SSSR count). The number of fused-ring (bicyclic) bond motifs is 1. The Morgan fingerprint density at radius 2 is 1.70 bits per heavy atom. The largest absolute Gasteiger partial charge is 0.494 e. The van der Waals surface area contributed by atoms with Crippen molar-refractivity contribution in [1.82, 2.24) is 15.6 Å². The van der Waals surface area contributed by atoms with Crippen molar-refractivity contribution >= 4 is 29.6 Å². The van der Waals surface area contributed by atoms with Crippen LogP contribution < -0.4 is 20.1 Å². The number of rotatable bonds is 11. The molecule has 2 amide bonds. The first-order valence-electron chi connectivity index (χ1n) is 13.5. The van der Waals surface area contributed by atoms with E-state index in [2.05, 4.69) is 15.6 Å². The molecule has 12 nitrogen and oxygen atoms in total. The van der Waals surface area contributed by atoms with Crippen LogP contribution in [0.15, 0.2) is 48.5 Å². The molecule has 1 aliphatic rings. The van der Waals surface area contributed by atoms with E-state index in [1.807, 2.05) is 0 Å². The van der Waals surface area contributed by atoms with Crippen LogP contribution >= 0.6 is 0 Å². The highest BCUT2D eigenvalue weighted by Crippen LogP contribution is 2.33. The van der Waals surface area contributed by atoms with Crippen molar-refractivity contribution in [2.45, 2.75) is 39.3 Å². The molecule has 1 aromatic heterocycles.